The largest absolute Gasteiger partial charge is 0.274 e. The summed E-state index contributed by atoms with van der Waals surface area (Å²) in [6, 6.07) is 4.07. The maximum atomic E-state index is 12.9. The Morgan fingerprint density at radius 3 is 2.44 bits per heavy atom. The quantitative estimate of drug-likeness (QED) is 0.583. The summed E-state index contributed by atoms with van der Waals surface area (Å²) in [6.45, 7) is 0. The molecule has 1 heterocycles. The Hall–Kier alpha value is -0.980. The number of carbonyl (C=O) groups is 2. The van der Waals surface area contributed by atoms with Crippen LogP contribution < -0.4 is 4.90 Å². The molecule has 3 nitrogen and oxygen atoms in total. The lowest BCUT2D eigenvalue weighted by Crippen LogP contribution is -2.33. The number of hydrogen-bond donors (Lipinski definition) is 0. The molecule has 16 heavy (non-hydrogen) atoms. The van der Waals surface area contributed by atoms with Crippen molar-refractivity contribution in [3.8, 4) is 0 Å². The molecule has 0 bridgehead atoms. The van der Waals surface area contributed by atoms with E-state index in [1.807, 2.05) is 22.6 Å². The molecular weight excluding hydrogens is 324 g/mol. The minimum Gasteiger partial charge on any atom is -0.274 e. The van der Waals surface area contributed by atoms with Crippen LogP contribution in [0.4, 0.5) is 10.1 Å². The first-order valence-corrected chi connectivity index (χ1v) is 6.00. The van der Waals surface area contributed by atoms with Crippen molar-refractivity contribution in [3.05, 3.63) is 27.6 Å². The summed E-state index contributed by atoms with van der Waals surface area (Å²) in [4.78, 5) is 24.8. The third-order valence-corrected chi connectivity index (χ3v) is 3.88. The summed E-state index contributed by atoms with van der Waals surface area (Å²) in [7, 11) is 0. The Kier molecular flexibility index (Phi) is 2.07. The van der Waals surface area contributed by atoms with Crippen LogP contribution in [0.5, 0.6) is 0 Å². The Morgan fingerprint density at radius 1 is 1.25 bits per heavy atom. The lowest BCUT2D eigenvalue weighted by Gasteiger charge is -2.17. The molecule has 1 aliphatic heterocycles. The average molecular weight is 331 g/mol. The highest BCUT2D eigenvalue weighted by molar-refractivity contribution is 14.1. The average Bonchev–Trinajstić information content (AvgIpc) is 2.96. The van der Waals surface area contributed by atoms with Gasteiger partial charge in [-0.15, -0.1) is 0 Å². The minimum absolute atomic E-state index is 0.117. The zero-order valence-corrected chi connectivity index (χ0v) is 10.3. The number of benzene rings is 1. The number of rotatable bonds is 1. The molecule has 5 heteroatoms. The number of amides is 2. The summed E-state index contributed by atoms with van der Waals surface area (Å²) in [6.07, 6.45) is 0.686. The summed E-state index contributed by atoms with van der Waals surface area (Å²) in [5.41, 5.74) is 0.504. The Balaban J connectivity index is 2.04. The van der Waals surface area contributed by atoms with E-state index in [1.165, 1.54) is 23.1 Å². The highest BCUT2D eigenvalue weighted by atomic mass is 127. The second-order valence-corrected chi connectivity index (χ2v) is 5.22. The summed E-state index contributed by atoms with van der Waals surface area (Å²) in [5.74, 6) is -0.877. The van der Waals surface area contributed by atoms with Crippen LogP contribution >= 0.6 is 22.6 Å². The van der Waals surface area contributed by atoms with Gasteiger partial charge in [-0.1, -0.05) is 0 Å². The van der Waals surface area contributed by atoms with Crippen LogP contribution in [0, 0.1) is 21.2 Å². The molecule has 1 saturated carbocycles. The summed E-state index contributed by atoms with van der Waals surface area (Å²) in [5, 5.41) is 0. The molecule has 0 N–H and O–H groups in total. The van der Waals surface area contributed by atoms with Gasteiger partial charge < -0.3 is 0 Å². The fourth-order valence-electron chi connectivity index (χ4n) is 2.08. The predicted molar refractivity (Wildman–Crippen MR) is 63.2 cm³/mol. The van der Waals surface area contributed by atoms with Crippen LogP contribution in [0.15, 0.2) is 18.2 Å². The van der Waals surface area contributed by atoms with Crippen LogP contribution in [-0.2, 0) is 9.59 Å². The molecule has 2 amide bonds. The lowest BCUT2D eigenvalue weighted by molar-refractivity contribution is -0.123. The Morgan fingerprint density at radius 2 is 1.88 bits per heavy atom. The maximum Gasteiger partial charge on any atom is 0.237 e. The number of carbonyl (C=O) groups excluding carboxylic acids is 2. The zero-order chi connectivity index (χ0) is 11.4. The van der Waals surface area contributed by atoms with E-state index in [-0.39, 0.29) is 29.5 Å². The van der Waals surface area contributed by atoms with Crippen LogP contribution in [-0.4, -0.2) is 11.8 Å². The van der Waals surface area contributed by atoms with Crippen LogP contribution in [0.3, 0.4) is 0 Å². The molecule has 1 saturated heterocycles. The first-order valence-electron chi connectivity index (χ1n) is 4.92. The monoisotopic (exact) mass is 331 g/mol. The molecule has 2 unspecified atom stereocenters. The van der Waals surface area contributed by atoms with E-state index in [0.29, 0.717) is 15.7 Å². The van der Waals surface area contributed by atoms with Gasteiger partial charge in [0.1, 0.15) is 5.82 Å². The molecule has 1 aromatic rings. The van der Waals surface area contributed by atoms with Gasteiger partial charge in [0.05, 0.1) is 17.5 Å². The standard InChI is InChI=1S/C11H7FINO2/c12-5-1-2-9(8(13)3-5)14-10(15)6-4-7(6)11(14)16/h1-3,6-7H,4H2. The molecule has 1 aromatic carbocycles. The van der Waals surface area contributed by atoms with Gasteiger partial charge in [-0.2, -0.15) is 0 Å². The summed E-state index contributed by atoms with van der Waals surface area (Å²) < 4.78 is 13.5. The topological polar surface area (TPSA) is 37.4 Å². The number of fused-ring (bicyclic) bond motifs is 1. The van der Waals surface area contributed by atoms with Crippen LogP contribution in [0.25, 0.3) is 0 Å². The Bertz CT molecular complexity index is 497. The van der Waals surface area contributed by atoms with Crippen molar-refractivity contribution in [1.82, 2.24) is 0 Å². The van der Waals surface area contributed by atoms with Gasteiger partial charge in [0.15, 0.2) is 0 Å². The molecule has 0 radical (unpaired) electrons. The fourth-order valence-corrected chi connectivity index (χ4v) is 2.80. The van der Waals surface area contributed by atoms with Gasteiger partial charge in [-0.25, -0.2) is 9.29 Å². The number of hydrogen-bond acceptors (Lipinski definition) is 2. The molecule has 2 atom stereocenters. The number of imide groups is 1. The highest BCUT2D eigenvalue weighted by Crippen LogP contribution is 2.48. The molecule has 0 spiro atoms. The van der Waals surface area contributed by atoms with Gasteiger partial charge in [0.25, 0.3) is 0 Å². The van der Waals surface area contributed by atoms with E-state index >= 15 is 0 Å². The van der Waals surface area contributed by atoms with E-state index in [1.54, 1.807) is 0 Å². The second-order valence-electron chi connectivity index (χ2n) is 4.06. The number of anilines is 1. The van der Waals surface area contributed by atoms with Crippen molar-refractivity contribution in [2.45, 2.75) is 6.42 Å². The van der Waals surface area contributed by atoms with E-state index in [2.05, 4.69) is 0 Å². The molecule has 1 aliphatic carbocycles. The van der Waals surface area contributed by atoms with Gasteiger partial charge in [-0.05, 0) is 47.2 Å². The van der Waals surface area contributed by atoms with Crippen molar-refractivity contribution in [2.24, 2.45) is 11.8 Å². The normalized spacial score (nSPS) is 27.2. The first kappa shape index (κ1) is 10.2. The van der Waals surface area contributed by atoms with Crippen molar-refractivity contribution >= 4 is 40.1 Å². The molecular formula is C11H7FINO2. The van der Waals surface area contributed by atoms with Gasteiger partial charge in [0, 0.05) is 3.57 Å². The molecule has 3 rings (SSSR count). The van der Waals surface area contributed by atoms with E-state index in [9.17, 15) is 14.0 Å². The van der Waals surface area contributed by atoms with Gasteiger partial charge >= 0.3 is 0 Å². The van der Waals surface area contributed by atoms with Crippen molar-refractivity contribution in [3.63, 3.8) is 0 Å². The van der Waals surface area contributed by atoms with Crippen molar-refractivity contribution in [2.75, 3.05) is 4.90 Å². The Labute approximate surface area is 105 Å². The fraction of sp³-hybridized carbons (Fsp3) is 0.273. The van der Waals surface area contributed by atoms with Crippen LogP contribution in [0.2, 0.25) is 0 Å². The smallest absolute Gasteiger partial charge is 0.237 e. The molecule has 2 aliphatic rings. The molecule has 2 fully saturated rings. The molecule has 0 aromatic heterocycles. The SMILES string of the molecule is O=C1C2CC2C(=O)N1c1ccc(F)cc1I. The van der Waals surface area contributed by atoms with Crippen molar-refractivity contribution < 1.29 is 14.0 Å². The van der Waals surface area contributed by atoms with Gasteiger partial charge in [0.2, 0.25) is 11.8 Å². The third kappa shape index (κ3) is 1.30. The van der Waals surface area contributed by atoms with E-state index < -0.39 is 0 Å². The number of halogens is 2. The minimum atomic E-state index is -0.364. The summed E-state index contributed by atoms with van der Waals surface area (Å²) >= 11 is 1.93. The third-order valence-electron chi connectivity index (χ3n) is 3.02. The van der Waals surface area contributed by atoms with Crippen LogP contribution in [0.1, 0.15) is 6.42 Å². The second kappa shape index (κ2) is 3.26. The number of nitrogens with zero attached hydrogens (tertiary/aromatic N) is 1. The lowest BCUT2D eigenvalue weighted by atomic mass is 10.2. The zero-order valence-electron chi connectivity index (χ0n) is 8.11. The molecule has 82 valence electrons. The van der Waals surface area contributed by atoms with E-state index in [4.69, 9.17) is 0 Å². The predicted octanol–water partition coefficient (Wildman–Crippen LogP) is 1.94. The number of piperidine rings is 1. The highest BCUT2D eigenvalue weighted by Gasteiger charge is 2.59. The first-order chi connectivity index (χ1) is 7.59. The maximum absolute atomic E-state index is 12.9. The van der Waals surface area contributed by atoms with Crippen molar-refractivity contribution in [1.29, 1.82) is 0 Å². The van der Waals surface area contributed by atoms with Gasteiger partial charge in [-0.3, -0.25) is 9.59 Å². The van der Waals surface area contributed by atoms with E-state index in [0.717, 1.165) is 0 Å².